The van der Waals surface area contributed by atoms with Crippen LogP contribution in [0.2, 0.25) is 0 Å². The molecule has 0 aromatic heterocycles. The molecule has 0 saturated carbocycles. The van der Waals surface area contributed by atoms with Crippen LogP contribution in [-0.2, 0) is 9.84 Å². The lowest BCUT2D eigenvalue weighted by molar-refractivity contribution is 0.584. The van der Waals surface area contributed by atoms with Crippen molar-refractivity contribution in [3.63, 3.8) is 0 Å². The molecule has 1 atom stereocenters. The largest absolute Gasteiger partial charge is 0.370 e. The van der Waals surface area contributed by atoms with Gasteiger partial charge in [-0.3, -0.25) is 0 Å². The maximum absolute atomic E-state index is 12.4. The fourth-order valence-electron chi connectivity index (χ4n) is 2.12. The summed E-state index contributed by atoms with van der Waals surface area (Å²) in [7, 11) is -3.38. The van der Waals surface area contributed by atoms with Gasteiger partial charge in [-0.1, -0.05) is 43.3 Å². The van der Waals surface area contributed by atoms with Crippen LogP contribution in [0, 0.1) is 0 Å². The summed E-state index contributed by atoms with van der Waals surface area (Å²) < 4.78 is 24.8. The molecule has 0 amide bonds. The van der Waals surface area contributed by atoms with Gasteiger partial charge in [0, 0.05) is 5.69 Å². The van der Waals surface area contributed by atoms with Gasteiger partial charge in [0.2, 0.25) is 0 Å². The van der Waals surface area contributed by atoms with Crippen molar-refractivity contribution in [3.05, 3.63) is 60.7 Å². The number of nitrogens with zero attached hydrogens (tertiary/aromatic N) is 1. The molecule has 0 heterocycles. The van der Waals surface area contributed by atoms with Crippen LogP contribution in [0.5, 0.6) is 0 Å². The third-order valence-electron chi connectivity index (χ3n) is 3.35. The first-order valence-electron chi connectivity index (χ1n) is 7.44. The van der Waals surface area contributed by atoms with Gasteiger partial charge in [0.25, 0.3) is 0 Å². The normalized spacial score (nSPS) is 13.5. The smallest absolute Gasteiger partial charge is 0.193 e. The molecule has 23 heavy (non-hydrogen) atoms. The highest BCUT2D eigenvalue weighted by Crippen LogP contribution is 2.14. The second kappa shape index (κ2) is 7.78. The number of aliphatic imine (C=N–C) groups is 1. The maximum atomic E-state index is 12.4. The fraction of sp³-hybridized carbons (Fsp3) is 0.235. The quantitative estimate of drug-likeness (QED) is 0.629. The van der Waals surface area contributed by atoms with Crippen molar-refractivity contribution < 1.29 is 8.42 Å². The molecule has 0 spiro atoms. The molecule has 0 bridgehead atoms. The molecule has 0 aliphatic rings. The van der Waals surface area contributed by atoms with Crippen LogP contribution < -0.4 is 11.1 Å². The van der Waals surface area contributed by atoms with Crippen LogP contribution in [0.15, 0.2) is 70.6 Å². The second-order valence-electron chi connectivity index (χ2n) is 5.16. The van der Waals surface area contributed by atoms with E-state index in [1.807, 2.05) is 37.3 Å². The highest BCUT2D eigenvalue weighted by molar-refractivity contribution is 7.91. The molecule has 0 aliphatic carbocycles. The summed E-state index contributed by atoms with van der Waals surface area (Å²) in [6, 6.07) is 17.4. The molecule has 122 valence electrons. The third-order valence-corrected chi connectivity index (χ3v) is 5.17. The van der Waals surface area contributed by atoms with Gasteiger partial charge in [0.05, 0.1) is 16.7 Å². The minimum Gasteiger partial charge on any atom is -0.370 e. The van der Waals surface area contributed by atoms with E-state index < -0.39 is 15.9 Å². The van der Waals surface area contributed by atoms with Crippen molar-refractivity contribution in [2.45, 2.75) is 24.3 Å². The maximum Gasteiger partial charge on any atom is 0.193 e. The summed E-state index contributed by atoms with van der Waals surface area (Å²) >= 11 is 0. The Morgan fingerprint density at radius 2 is 1.65 bits per heavy atom. The van der Waals surface area contributed by atoms with Crippen LogP contribution in [0.3, 0.4) is 0 Å². The number of hydrogen-bond donors (Lipinski definition) is 2. The van der Waals surface area contributed by atoms with E-state index in [0.29, 0.717) is 11.3 Å². The van der Waals surface area contributed by atoms with E-state index in [1.54, 1.807) is 30.3 Å². The predicted octanol–water partition coefficient (Wildman–Crippen LogP) is 2.67. The topological polar surface area (TPSA) is 84.5 Å². The lowest BCUT2D eigenvalue weighted by Gasteiger charge is -2.13. The summed E-state index contributed by atoms with van der Waals surface area (Å²) in [5, 5.41) is 2.97. The lowest BCUT2D eigenvalue weighted by Crippen LogP contribution is -2.28. The van der Waals surface area contributed by atoms with E-state index in [9.17, 15) is 8.42 Å². The molecule has 2 rings (SSSR count). The van der Waals surface area contributed by atoms with E-state index in [4.69, 9.17) is 5.73 Å². The van der Waals surface area contributed by atoms with Crippen molar-refractivity contribution in [2.24, 2.45) is 10.7 Å². The summed E-state index contributed by atoms with van der Waals surface area (Å²) in [5.74, 6) is 0.149. The van der Waals surface area contributed by atoms with Gasteiger partial charge >= 0.3 is 0 Å². The molecule has 0 saturated heterocycles. The Labute approximate surface area is 137 Å². The Hall–Kier alpha value is -2.34. The number of rotatable bonds is 6. The van der Waals surface area contributed by atoms with Gasteiger partial charge < -0.3 is 11.1 Å². The SMILES string of the molecule is CCC(CS(=O)(=O)c1ccccc1)N=C(N)Nc1ccccc1. The van der Waals surface area contributed by atoms with E-state index in [0.717, 1.165) is 5.69 Å². The van der Waals surface area contributed by atoms with Gasteiger partial charge in [-0.05, 0) is 30.7 Å². The van der Waals surface area contributed by atoms with Crippen molar-refractivity contribution in [2.75, 3.05) is 11.1 Å². The number of benzene rings is 2. The number of nitrogens with two attached hydrogens (primary N) is 1. The first kappa shape index (κ1) is 17.0. The van der Waals surface area contributed by atoms with E-state index in [-0.39, 0.29) is 11.7 Å². The molecule has 3 N–H and O–H groups in total. The number of para-hydroxylation sites is 1. The Morgan fingerprint density at radius 1 is 1.09 bits per heavy atom. The molecular formula is C17H21N3O2S. The zero-order chi connectivity index (χ0) is 16.7. The van der Waals surface area contributed by atoms with Gasteiger partial charge in [0.1, 0.15) is 0 Å². The average molecular weight is 331 g/mol. The van der Waals surface area contributed by atoms with Crippen LogP contribution >= 0.6 is 0 Å². The summed E-state index contributed by atoms with van der Waals surface area (Å²) in [6.45, 7) is 1.89. The molecule has 0 aliphatic heterocycles. The Balaban J connectivity index is 2.09. The first-order chi connectivity index (χ1) is 11.0. The van der Waals surface area contributed by atoms with Crippen LogP contribution in [0.25, 0.3) is 0 Å². The number of guanidine groups is 1. The molecule has 0 fully saturated rings. The van der Waals surface area contributed by atoms with Crippen molar-refractivity contribution in [1.82, 2.24) is 0 Å². The van der Waals surface area contributed by atoms with E-state index >= 15 is 0 Å². The van der Waals surface area contributed by atoms with Crippen LogP contribution in [-0.4, -0.2) is 26.2 Å². The predicted molar refractivity (Wildman–Crippen MR) is 94.3 cm³/mol. The summed E-state index contributed by atoms with van der Waals surface area (Å²) in [4.78, 5) is 4.61. The third kappa shape index (κ3) is 5.10. The summed E-state index contributed by atoms with van der Waals surface area (Å²) in [6.07, 6.45) is 0.587. The first-order valence-corrected chi connectivity index (χ1v) is 9.09. The van der Waals surface area contributed by atoms with Gasteiger partial charge in [-0.25, -0.2) is 13.4 Å². The minimum atomic E-state index is -3.38. The number of anilines is 1. The average Bonchev–Trinajstić information content (AvgIpc) is 2.55. The van der Waals surface area contributed by atoms with Crippen molar-refractivity contribution in [1.29, 1.82) is 0 Å². The van der Waals surface area contributed by atoms with Gasteiger partial charge in [-0.15, -0.1) is 0 Å². The zero-order valence-electron chi connectivity index (χ0n) is 13.0. The molecule has 2 aromatic carbocycles. The highest BCUT2D eigenvalue weighted by Gasteiger charge is 2.19. The highest BCUT2D eigenvalue weighted by atomic mass is 32.2. The minimum absolute atomic E-state index is 0.0648. The Morgan fingerprint density at radius 3 is 2.22 bits per heavy atom. The van der Waals surface area contributed by atoms with Crippen molar-refractivity contribution >= 4 is 21.5 Å². The molecular weight excluding hydrogens is 310 g/mol. The van der Waals surface area contributed by atoms with Crippen LogP contribution in [0.1, 0.15) is 13.3 Å². The number of sulfone groups is 1. The monoisotopic (exact) mass is 331 g/mol. The Bertz CT molecular complexity index is 744. The lowest BCUT2D eigenvalue weighted by atomic mass is 10.3. The second-order valence-corrected chi connectivity index (χ2v) is 7.20. The van der Waals surface area contributed by atoms with E-state index in [2.05, 4.69) is 10.3 Å². The molecule has 1 unspecified atom stereocenters. The Kier molecular flexibility index (Phi) is 5.76. The molecule has 0 radical (unpaired) electrons. The van der Waals surface area contributed by atoms with Crippen LogP contribution in [0.4, 0.5) is 5.69 Å². The number of hydrogen-bond acceptors (Lipinski definition) is 3. The number of nitrogens with one attached hydrogen (secondary N) is 1. The van der Waals surface area contributed by atoms with Gasteiger partial charge in [0.15, 0.2) is 15.8 Å². The van der Waals surface area contributed by atoms with E-state index in [1.165, 1.54) is 0 Å². The molecule has 2 aromatic rings. The van der Waals surface area contributed by atoms with Gasteiger partial charge in [-0.2, -0.15) is 0 Å². The zero-order valence-corrected chi connectivity index (χ0v) is 13.8. The standard InChI is InChI=1S/C17H21N3O2S/c1-2-14(13-23(21,22)16-11-7-4-8-12-16)19-17(18)20-15-9-5-3-6-10-15/h3-12,14H,2,13H2,1H3,(H3,18,19,20). The summed E-state index contributed by atoms with van der Waals surface area (Å²) in [5.41, 5.74) is 6.70. The molecule has 5 nitrogen and oxygen atoms in total. The fourth-order valence-corrected chi connectivity index (χ4v) is 3.70. The molecule has 6 heteroatoms. The van der Waals surface area contributed by atoms with Crippen molar-refractivity contribution in [3.8, 4) is 0 Å².